The number of rotatable bonds is 7. The molecule has 9 nitrogen and oxygen atoms in total. The molecule has 0 fully saturated rings. The maximum Gasteiger partial charge on any atom is 0.335 e. The molecule has 0 radical (unpaired) electrons. The lowest BCUT2D eigenvalue weighted by Crippen LogP contribution is -2.21. The van der Waals surface area contributed by atoms with Crippen LogP contribution < -0.4 is 14.8 Å². The zero-order chi connectivity index (χ0) is 18.4. The van der Waals surface area contributed by atoms with Gasteiger partial charge in [-0.15, -0.1) is 0 Å². The van der Waals surface area contributed by atoms with Gasteiger partial charge in [-0.05, 0) is 18.2 Å². The quantitative estimate of drug-likeness (QED) is 0.581. The lowest BCUT2D eigenvalue weighted by Gasteiger charge is -2.11. The van der Waals surface area contributed by atoms with Crippen LogP contribution in [0.1, 0.15) is 10.4 Å². The van der Waals surface area contributed by atoms with Gasteiger partial charge in [0.2, 0.25) is 0 Å². The average Bonchev–Trinajstić information content (AvgIpc) is 2.60. The second-order valence-corrected chi connectivity index (χ2v) is 4.78. The van der Waals surface area contributed by atoms with Gasteiger partial charge in [-0.3, -0.25) is 14.9 Å². The number of benzene rings is 2. The van der Waals surface area contributed by atoms with Crippen LogP contribution in [0.15, 0.2) is 42.5 Å². The molecule has 0 heterocycles. The fourth-order valence-electron chi connectivity index (χ4n) is 1.99. The number of nitro groups is 1. The number of amides is 1. The lowest BCUT2D eigenvalue weighted by atomic mass is 10.2. The maximum absolute atomic E-state index is 12.0. The fourth-order valence-corrected chi connectivity index (χ4v) is 1.99. The molecule has 0 atom stereocenters. The molecule has 2 aromatic rings. The Balaban J connectivity index is 2.12. The highest BCUT2D eigenvalue weighted by Gasteiger charge is 2.19. The number of hydrogen-bond donors (Lipinski definition) is 2. The molecule has 0 spiro atoms. The predicted molar refractivity (Wildman–Crippen MR) is 87.2 cm³/mol. The first-order chi connectivity index (χ1) is 11.9. The molecule has 25 heavy (non-hydrogen) atoms. The Morgan fingerprint density at radius 2 is 1.92 bits per heavy atom. The van der Waals surface area contributed by atoms with E-state index in [1.807, 2.05) is 0 Å². The number of carbonyl (C=O) groups is 2. The van der Waals surface area contributed by atoms with Gasteiger partial charge in [0.1, 0.15) is 5.75 Å². The normalized spacial score (nSPS) is 9.96. The summed E-state index contributed by atoms with van der Waals surface area (Å²) in [6.07, 6.45) is 0. The minimum Gasteiger partial charge on any atom is -0.495 e. The van der Waals surface area contributed by atoms with E-state index in [-0.39, 0.29) is 11.3 Å². The lowest BCUT2D eigenvalue weighted by molar-refractivity contribution is -0.385. The van der Waals surface area contributed by atoms with Gasteiger partial charge in [0.25, 0.3) is 5.91 Å². The van der Waals surface area contributed by atoms with Crippen LogP contribution >= 0.6 is 0 Å². The first-order valence-corrected chi connectivity index (χ1v) is 6.99. The van der Waals surface area contributed by atoms with E-state index in [0.29, 0.717) is 11.4 Å². The summed E-state index contributed by atoms with van der Waals surface area (Å²) in [7, 11) is 1.45. The number of ether oxygens (including phenoxy) is 2. The average molecular weight is 346 g/mol. The van der Waals surface area contributed by atoms with Gasteiger partial charge in [-0.1, -0.05) is 12.1 Å². The van der Waals surface area contributed by atoms with Gasteiger partial charge < -0.3 is 19.9 Å². The van der Waals surface area contributed by atoms with E-state index in [1.54, 1.807) is 24.3 Å². The van der Waals surface area contributed by atoms with Gasteiger partial charge in [-0.2, -0.15) is 0 Å². The summed E-state index contributed by atoms with van der Waals surface area (Å²) in [5, 5.41) is 22.5. The molecule has 0 bridgehead atoms. The molecule has 0 saturated heterocycles. The third kappa shape index (κ3) is 4.44. The summed E-state index contributed by atoms with van der Waals surface area (Å²) in [4.78, 5) is 33.2. The standard InChI is InChI=1S/C16H14N2O7/c1-24-13-5-3-2-4-11(13)17-15(19)9-25-14-8-10(16(20)21)6-7-12(14)18(22)23/h2-8H,9H2,1H3,(H,17,19)(H,20,21). The first-order valence-electron chi connectivity index (χ1n) is 6.99. The largest absolute Gasteiger partial charge is 0.495 e. The van der Waals surface area contributed by atoms with Gasteiger partial charge in [0, 0.05) is 12.1 Å². The van der Waals surface area contributed by atoms with Crippen molar-refractivity contribution in [3.8, 4) is 11.5 Å². The number of carboxylic acid groups (broad SMARTS) is 1. The number of carbonyl (C=O) groups excluding carboxylic acids is 1. The van der Waals surface area contributed by atoms with E-state index in [4.69, 9.17) is 14.6 Å². The van der Waals surface area contributed by atoms with Gasteiger partial charge >= 0.3 is 11.7 Å². The van der Waals surface area contributed by atoms with Crippen molar-refractivity contribution in [3.63, 3.8) is 0 Å². The number of carboxylic acids is 1. The topological polar surface area (TPSA) is 128 Å². The van der Waals surface area contributed by atoms with Crippen molar-refractivity contribution < 1.29 is 29.1 Å². The van der Waals surface area contributed by atoms with Crippen LogP contribution in [0.25, 0.3) is 0 Å². The third-order valence-corrected chi connectivity index (χ3v) is 3.14. The number of para-hydroxylation sites is 2. The molecule has 2 rings (SSSR count). The molecule has 0 unspecified atom stereocenters. The number of anilines is 1. The van der Waals surface area contributed by atoms with E-state index >= 15 is 0 Å². The smallest absolute Gasteiger partial charge is 0.335 e. The van der Waals surface area contributed by atoms with E-state index < -0.39 is 29.1 Å². The highest BCUT2D eigenvalue weighted by atomic mass is 16.6. The van der Waals surface area contributed by atoms with Crippen LogP contribution in [0.3, 0.4) is 0 Å². The second-order valence-electron chi connectivity index (χ2n) is 4.78. The third-order valence-electron chi connectivity index (χ3n) is 3.14. The Morgan fingerprint density at radius 1 is 1.20 bits per heavy atom. The zero-order valence-corrected chi connectivity index (χ0v) is 13.1. The summed E-state index contributed by atoms with van der Waals surface area (Å²) in [5.41, 5.74) is -0.215. The summed E-state index contributed by atoms with van der Waals surface area (Å²) >= 11 is 0. The molecule has 0 saturated carbocycles. The van der Waals surface area contributed by atoms with Crippen molar-refractivity contribution in [2.75, 3.05) is 19.0 Å². The minimum absolute atomic E-state index is 0.189. The van der Waals surface area contributed by atoms with Crippen molar-refractivity contribution >= 4 is 23.3 Å². The molecule has 2 aromatic carbocycles. The van der Waals surface area contributed by atoms with Crippen molar-refractivity contribution in [1.82, 2.24) is 0 Å². The van der Waals surface area contributed by atoms with E-state index in [0.717, 1.165) is 18.2 Å². The fraction of sp³-hybridized carbons (Fsp3) is 0.125. The first kappa shape index (κ1) is 17.7. The maximum atomic E-state index is 12.0. The van der Waals surface area contributed by atoms with Crippen LogP contribution in [0.4, 0.5) is 11.4 Å². The van der Waals surface area contributed by atoms with Crippen molar-refractivity contribution in [3.05, 3.63) is 58.1 Å². The predicted octanol–water partition coefficient (Wildman–Crippen LogP) is 2.32. The summed E-state index contributed by atoms with van der Waals surface area (Å²) in [6.45, 7) is -0.540. The van der Waals surface area contributed by atoms with Crippen molar-refractivity contribution in [1.29, 1.82) is 0 Å². The van der Waals surface area contributed by atoms with E-state index in [2.05, 4.69) is 5.32 Å². The molecule has 0 aromatic heterocycles. The molecule has 0 aliphatic heterocycles. The molecular weight excluding hydrogens is 332 g/mol. The monoisotopic (exact) mass is 346 g/mol. The summed E-state index contributed by atoms with van der Waals surface area (Å²) in [5.74, 6) is -1.72. The van der Waals surface area contributed by atoms with Crippen LogP contribution in [-0.2, 0) is 4.79 Å². The molecular formula is C16H14N2O7. The number of aromatic carboxylic acids is 1. The molecule has 1 amide bonds. The number of nitro benzene ring substituents is 1. The molecule has 9 heteroatoms. The van der Waals surface area contributed by atoms with Gasteiger partial charge in [0.05, 0.1) is 23.3 Å². The Morgan fingerprint density at radius 3 is 2.56 bits per heavy atom. The number of methoxy groups -OCH3 is 1. The number of nitrogens with zero attached hydrogens (tertiary/aromatic N) is 1. The summed E-state index contributed by atoms with van der Waals surface area (Å²) < 4.78 is 10.2. The Bertz CT molecular complexity index is 820. The van der Waals surface area contributed by atoms with Gasteiger partial charge in [0.15, 0.2) is 12.4 Å². The zero-order valence-electron chi connectivity index (χ0n) is 13.1. The minimum atomic E-state index is -1.27. The number of hydrogen-bond acceptors (Lipinski definition) is 6. The Labute approximate surface area is 141 Å². The van der Waals surface area contributed by atoms with Crippen molar-refractivity contribution in [2.45, 2.75) is 0 Å². The van der Waals surface area contributed by atoms with Crippen LogP contribution in [0.2, 0.25) is 0 Å². The van der Waals surface area contributed by atoms with Crippen LogP contribution in [0, 0.1) is 10.1 Å². The second kappa shape index (κ2) is 7.77. The van der Waals surface area contributed by atoms with E-state index in [9.17, 15) is 19.7 Å². The Kier molecular flexibility index (Phi) is 5.51. The molecule has 0 aliphatic carbocycles. The SMILES string of the molecule is COc1ccccc1NC(=O)COc1cc(C(=O)O)ccc1[N+](=O)[O-]. The molecule has 130 valence electrons. The van der Waals surface area contributed by atoms with Gasteiger partial charge in [-0.25, -0.2) is 4.79 Å². The van der Waals surface area contributed by atoms with Crippen LogP contribution in [0.5, 0.6) is 11.5 Å². The molecule has 0 aliphatic rings. The van der Waals surface area contributed by atoms with E-state index in [1.165, 1.54) is 7.11 Å². The van der Waals surface area contributed by atoms with Crippen molar-refractivity contribution in [2.24, 2.45) is 0 Å². The highest BCUT2D eigenvalue weighted by molar-refractivity contribution is 5.93. The number of nitrogens with one attached hydrogen (secondary N) is 1. The Hall–Kier alpha value is -3.62. The molecule has 2 N–H and O–H groups in total. The summed E-state index contributed by atoms with van der Waals surface area (Å²) in [6, 6.07) is 9.78. The highest BCUT2D eigenvalue weighted by Crippen LogP contribution is 2.28. The van der Waals surface area contributed by atoms with Crippen LogP contribution in [-0.4, -0.2) is 35.6 Å².